The normalized spacial score (nSPS) is 10.2. The van der Waals surface area contributed by atoms with Crippen LogP contribution in [0.4, 0.5) is 0 Å². The van der Waals surface area contributed by atoms with Crippen LogP contribution in [0.25, 0.3) is 0 Å². The number of carbonyl (C=O) groups excluding carboxylic acids is 3. The second kappa shape index (κ2) is 9.38. The Labute approximate surface area is 157 Å². The first-order chi connectivity index (χ1) is 12.9. The third kappa shape index (κ3) is 5.85. The number of ether oxygens (including phenoxy) is 2. The molecule has 0 unspecified atom stereocenters. The number of benzene rings is 2. The molecular weight excluding hydrogens is 348 g/mol. The van der Waals surface area contributed by atoms with E-state index in [1.54, 1.807) is 18.2 Å². The minimum atomic E-state index is -0.560. The molecule has 27 heavy (non-hydrogen) atoms. The van der Waals surface area contributed by atoms with E-state index in [2.05, 4.69) is 29.4 Å². The van der Waals surface area contributed by atoms with Gasteiger partial charge in [0.15, 0.2) is 6.61 Å². The van der Waals surface area contributed by atoms with Crippen LogP contribution in [0.2, 0.25) is 0 Å². The van der Waals surface area contributed by atoms with Crippen molar-refractivity contribution in [1.29, 1.82) is 0 Å². The van der Waals surface area contributed by atoms with Gasteiger partial charge in [0.1, 0.15) is 5.75 Å². The number of esters is 1. The van der Waals surface area contributed by atoms with Gasteiger partial charge in [0.2, 0.25) is 0 Å². The van der Waals surface area contributed by atoms with Crippen LogP contribution < -0.4 is 15.6 Å². The summed E-state index contributed by atoms with van der Waals surface area (Å²) in [5.41, 5.74) is 6.16. The van der Waals surface area contributed by atoms with Crippen LogP contribution in [0.5, 0.6) is 5.75 Å². The van der Waals surface area contributed by atoms with Gasteiger partial charge in [-0.2, -0.15) is 0 Å². The third-order valence-electron chi connectivity index (χ3n) is 3.78. The van der Waals surface area contributed by atoms with Crippen LogP contribution in [0.1, 0.15) is 46.0 Å². The van der Waals surface area contributed by atoms with Gasteiger partial charge in [-0.05, 0) is 41.8 Å². The van der Waals surface area contributed by atoms with Gasteiger partial charge in [-0.15, -0.1) is 0 Å². The first-order valence-corrected chi connectivity index (χ1v) is 8.41. The number of nitrogens with one attached hydrogen (secondary N) is 2. The van der Waals surface area contributed by atoms with Gasteiger partial charge in [-0.3, -0.25) is 20.4 Å². The summed E-state index contributed by atoms with van der Waals surface area (Å²) in [6.45, 7) is 3.93. The Bertz CT molecular complexity index is 815. The van der Waals surface area contributed by atoms with E-state index < -0.39 is 17.8 Å². The van der Waals surface area contributed by atoms with Crippen molar-refractivity contribution in [3.63, 3.8) is 0 Å². The highest BCUT2D eigenvalue weighted by Gasteiger charge is 2.11. The molecule has 0 aromatic heterocycles. The molecule has 7 nitrogen and oxygen atoms in total. The molecule has 7 heteroatoms. The van der Waals surface area contributed by atoms with Crippen molar-refractivity contribution in [3.8, 4) is 5.75 Å². The summed E-state index contributed by atoms with van der Waals surface area (Å²) >= 11 is 0. The Morgan fingerprint density at radius 1 is 0.963 bits per heavy atom. The lowest BCUT2D eigenvalue weighted by molar-refractivity contribution is -0.123. The van der Waals surface area contributed by atoms with Gasteiger partial charge in [-0.25, -0.2) is 4.79 Å². The molecule has 2 aromatic rings. The molecule has 0 spiro atoms. The predicted octanol–water partition coefficient (Wildman–Crippen LogP) is 2.44. The number of amides is 2. The molecule has 2 amide bonds. The van der Waals surface area contributed by atoms with E-state index >= 15 is 0 Å². The van der Waals surface area contributed by atoms with Crippen LogP contribution in [0.15, 0.2) is 48.5 Å². The maximum absolute atomic E-state index is 12.1. The third-order valence-corrected chi connectivity index (χ3v) is 3.78. The standard InChI is InChI=1S/C20H22N2O5/c1-13(2)14-7-9-17(10-8-14)27-12-18(23)21-22-19(24)15-5-4-6-16(11-15)20(25)26-3/h4-11,13H,12H2,1-3H3,(H,21,23)(H,22,24). The average molecular weight is 370 g/mol. The fourth-order valence-electron chi connectivity index (χ4n) is 2.24. The van der Waals surface area contributed by atoms with Crippen molar-refractivity contribution in [3.05, 3.63) is 65.2 Å². The lowest BCUT2D eigenvalue weighted by Crippen LogP contribution is -2.43. The van der Waals surface area contributed by atoms with Gasteiger partial charge in [0.25, 0.3) is 11.8 Å². The number of rotatable bonds is 6. The van der Waals surface area contributed by atoms with E-state index in [9.17, 15) is 14.4 Å². The Morgan fingerprint density at radius 3 is 2.26 bits per heavy atom. The van der Waals surface area contributed by atoms with Crippen molar-refractivity contribution in [2.45, 2.75) is 19.8 Å². The summed E-state index contributed by atoms with van der Waals surface area (Å²) in [4.78, 5) is 35.4. The maximum Gasteiger partial charge on any atom is 0.337 e. The lowest BCUT2D eigenvalue weighted by Gasteiger charge is -2.10. The molecule has 2 rings (SSSR count). The quantitative estimate of drug-likeness (QED) is 0.602. The van der Waals surface area contributed by atoms with Crippen molar-refractivity contribution < 1.29 is 23.9 Å². The van der Waals surface area contributed by atoms with Gasteiger partial charge < -0.3 is 9.47 Å². The topological polar surface area (TPSA) is 93.7 Å². The molecule has 0 aliphatic rings. The van der Waals surface area contributed by atoms with Crippen LogP contribution in [-0.2, 0) is 9.53 Å². The monoisotopic (exact) mass is 370 g/mol. The minimum Gasteiger partial charge on any atom is -0.484 e. The van der Waals surface area contributed by atoms with Crippen molar-refractivity contribution in [2.24, 2.45) is 0 Å². The number of methoxy groups -OCH3 is 1. The summed E-state index contributed by atoms with van der Waals surface area (Å²) in [6.07, 6.45) is 0. The van der Waals surface area contributed by atoms with Crippen LogP contribution in [0, 0.1) is 0 Å². The smallest absolute Gasteiger partial charge is 0.337 e. The zero-order valence-electron chi connectivity index (χ0n) is 15.4. The van der Waals surface area contributed by atoms with E-state index in [1.165, 1.54) is 30.9 Å². The second-order valence-corrected chi connectivity index (χ2v) is 6.09. The SMILES string of the molecule is COC(=O)c1cccc(C(=O)NNC(=O)COc2ccc(C(C)C)cc2)c1. The van der Waals surface area contributed by atoms with Gasteiger partial charge in [-0.1, -0.05) is 32.0 Å². The molecule has 0 saturated carbocycles. The summed E-state index contributed by atoms with van der Waals surface area (Å²) < 4.78 is 9.99. The number of carbonyl (C=O) groups is 3. The second-order valence-electron chi connectivity index (χ2n) is 6.09. The predicted molar refractivity (Wildman–Crippen MR) is 99.4 cm³/mol. The molecule has 142 valence electrons. The van der Waals surface area contributed by atoms with E-state index in [1.807, 2.05) is 12.1 Å². The van der Waals surface area contributed by atoms with Crippen LogP contribution in [-0.4, -0.2) is 31.5 Å². The molecule has 0 saturated heterocycles. The average Bonchev–Trinajstić information content (AvgIpc) is 2.70. The number of hydrazine groups is 1. The Hall–Kier alpha value is -3.35. The van der Waals surface area contributed by atoms with Gasteiger partial charge >= 0.3 is 5.97 Å². The highest BCUT2D eigenvalue weighted by molar-refractivity contribution is 5.98. The fraction of sp³-hybridized carbons (Fsp3) is 0.250. The number of hydrogen-bond donors (Lipinski definition) is 2. The maximum atomic E-state index is 12.1. The summed E-state index contributed by atoms with van der Waals surface area (Å²) in [5.74, 6) is -0.650. The van der Waals surface area contributed by atoms with Crippen molar-refractivity contribution >= 4 is 17.8 Å². The molecule has 2 aromatic carbocycles. The van der Waals surface area contributed by atoms with E-state index in [-0.39, 0.29) is 17.7 Å². The van der Waals surface area contributed by atoms with Crippen molar-refractivity contribution in [1.82, 2.24) is 10.9 Å². The number of hydrogen-bond acceptors (Lipinski definition) is 5. The highest BCUT2D eigenvalue weighted by Crippen LogP contribution is 2.18. The zero-order chi connectivity index (χ0) is 19.8. The first kappa shape index (κ1) is 20.0. The van der Waals surface area contributed by atoms with Crippen molar-refractivity contribution in [2.75, 3.05) is 13.7 Å². The van der Waals surface area contributed by atoms with Gasteiger partial charge in [0.05, 0.1) is 12.7 Å². The molecule has 0 fully saturated rings. The molecule has 0 bridgehead atoms. The highest BCUT2D eigenvalue weighted by atomic mass is 16.5. The Kier molecular flexibility index (Phi) is 6.93. The van der Waals surface area contributed by atoms with Crippen LogP contribution >= 0.6 is 0 Å². The van der Waals surface area contributed by atoms with Gasteiger partial charge in [0, 0.05) is 5.56 Å². The van der Waals surface area contributed by atoms with E-state index in [4.69, 9.17) is 4.74 Å². The summed E-state index contributed by atoms with van der Waals surface area (Å²) in [7, 11) is 1.26. The summed E-state index contributed by atoms with van der Waals surface area (Å²) in [5, 5.41) is 0. The van der Waals surface area contributed by atoms with E-state index in [0.29, 0.717) is 11.7 Å². The molecule has 0 radical (unpaired) electrons. The molecule has 2 N–H and O–H groups in total. The minimum absolute atomic E-state index is 0.211. The summed E-state index contributed by atoms with van der Waals surface area (Å²) in [6, 6.07) is 13.4. The molecular formula is C20H22N2O5. The zero-order valence-corrected chi connectivity index (χ0v) is 15.4. The fourth-order valence-corrected chi connectivity index (χ4v) is 2.24. The Morgan fingerprint density at radius 2 is 1.63 bits per heavy atom. The largest absolute Gasteiger partial charge is 0.484 e. The first-order valence-electron chi connectivity index (χ1n) is 8.41. The Balaban J connectivity index is 1.83. The van der Waals surface area contributed by atoms with Crippen LogP contribution in [0.3, 0.4) is 0 Å². The van der Waals surface area contributed by atoms with E-state index in [0.717, 1.165) is 0 Å². The molecule has 0 aliphatic heterocycles. The molecule has 0 atom stereocenters. The molecule has 0 aliphatic carbocycles. The lowest BCUT2D eigenvalue weighted by atomic mass is 10.0. The molecule has 0 heterocycles.